The first-order valence-electron chi connectivity index (χ1n) is 11.0. The van der Waals surface area contributed by atoms with Crippen LogP contribution in [0.5, 0.6) is 5.75 Å². The fraction of sp³-hybridized carbons (Fsp3) is 0.346. The van der Waals surface area contributed by atoms with Crippen molar-refractivity contribution in [3.63, 3.8) is 0 Å². The van der Waals surface area contributed by atoms with Crippen molar-refractivity contribution in [1.82, 2.24) is 9.88 Å². The summed E-state index contributed by atoms with van der Waals surface area (Å²) >= 11 is 0. The maximum absolute atomic E-state index is 11.3. The lowest BCUT2D eigenvalue weighted by Crippen LogP contribution is -2.32. The number of aryl methyl sites for hydroxylation is 1. The number of hydrogen-bond donors (Lipinski definition) is 2. The first-order valence-corrected chi connectivity index (χ1v) is 11.0. The number of aromatic nitrogens is 1. The van der Waals surface area contributed by atoms with E-state index in [4.69, 9.17) is 4.74 Å². The number of ether oxygens (including phenoxy) is 1. The van der Waals surface area contributed by atoms with Crippen molar-refractivity contribution < 1.29 is 14.6 Å². The van der Waals surface area contributed by atoms with Gasteiger partial charge < -0.3 is 14.8 Å². The monoisotopic (exact) mass is 416 g/mol. The summed E-state index contributed by atoms with van der Waals surface area (Å²) in [5.41, 5.74) is 6.55. The van der Waals surface area contributed by atoms with Crippen LogP contribution >= 0.6 is 0 Å². The van der Waals surface area contributed by atoms with Crippen LogP contribution in [-0.2, 0) is 6.54 Å². The van der Waals surface area contributed by atoms with Gasteiger partial charge in [-0.25, -0.2) is 4.79 Å². The molecule has 160 valence electrons. The van der Waals surface area contributed by atoms with Gasteiger partial charge in [0.05, 0.1) is 18.7 Å². The highest BCUT2D eigenvalue weighted by Gasteiger charge is 2.32. The van der Waals surface area contributed by atoms with Crippen LogP contribution in [-0.4, -0.2) is 34.6 Å². The molecule has 2 heterocycles. The Morgan fingerprint density at radius 1 is 1.23 bits per heavy atom. The minimum atomic E-state index is -0.888. The number of rotatable bonds is 6. The zero-order valence-corrected chi connectivity index (χ0v) is 18.0. The van der Waals surface area contributed by atoms with Crippen molar-refractivity contribution in [1.29, 1.82) is 0 Å². The molecule has 0 bridgehead atoms. The number of H-pyrrole nitrogens is 1. The first-order chi connectivity index (χ1) is 15.0. The van der Waals surface area contributed by atoms with E-state index in [-0.39, 0.29) is 6.04 Å². The third-order valence-electron chi connectivity index (χ3n) is 6.75. The van der Waals surface area contributed by atoms with E-state index >= 15 is 0 Å². The zero-order chi connectivity index (χ0) is 21.5. The number of fused-ring (bicyclic) bond motifs is 1. The molecule has 2 aliphatic rings. The number of aromatic amines is 1. The van der Waals surface area contributed by atoms with Gasteiger partial charge >= 0.3 is 5.97 Å². The Balaban J connectivity index is 1.53. The van der Waals surface area contributed by atoms with Gasteiger partial charge in [0.25, 0.3) is 0 Å². The SMILES string of the molecule is COc1cc(C)c2[nH]ccc2c1CN1CCC(C2CC2)=CC1c1ccc(C(=O)O)cc1. The maximum atomic E-state index is 11.3. The quantitative estimate of drug-likeness (QED) is 0.523. The minimum absolute atomic E-state index is 0.132. The minimum Gasteiger partial charge on any atom is -0.496 e. The van der Waals surface area contributed by atoms with E-state index in [2.05, 4.69) is 35.0 Å². The van der Waals surface area contributed by atoms with Crippen molar-refractivity contribution in [2.45, 2.75) is 38.8 Å². The van der Waals surface area contributed by atoms with Crippen LogP contribution in [0.1, 0.15) is 52.4 Å². The normalized spacial score (nSPS) is 19.4. The molecular weight excluding hydrogens is 388 g/mol. The third kappa shape index (κ3) is 3.74. The highest BCUT2D eigenvalue weighted by atomic mass is 16.5. The molecule has 0 saturated heterocycles. The fourth-order valence-corrected chi connectivity index (χ4v) is 4.89. The van der Waals surface area contributed by atoms with Crippen molar-refractivity contribution >= 4 is 16.9 Å². The van der Waals surface area contributed by atoms with Crippen LogP contribution in [0.15, 0.2) is 54.2 Å². The lowest BCUT2D eigenvalue weighted by atomic mass is 9.92. The summed E-state index contributed by atoms with van der Waals surface area (Å²) in [5, 5.41) is 10.5. The number of carboxylic acids is 1. The molecule has 0 amide bonds. The summed E-state index contributed by atoms with van der Waals surface area (Å²) in [4.78, 5) is 17.2. The number of nitrogens with zero attached hydrogens (tertiary/aromatic N) is 1. The van der Waals surface area contributed by atoms with E-state index in [9.17, 15) is 9.90 Å². The molecular formula is C26H28N2O3. The Bertz CT molecular complexity index is 1160. The van der Waals surface area contributed by atoms with Gasteiger partial charge in [-0.15, -0.1) is 0 Å². The van der Waals surface area contributed by atoms with Crippen LogP contribution in [0.2, 0.25) is 0 Å². The molecule has 1 unspecified atom stereocenters. The molecule has 0 spiro atoms. The van der Waals surface area contributed by atoms with Crippen molar-refractivity contribution in [3.8, 4) is 5.75 Å². The predicted molar refractivity (Wildman–Crippen MR) is 122 cm³/mol. The largest absolute Gasteiger partial charge is 0.496 e. The van der Waals surface area contributed by atoms with E-state index in [0.29, 0.717) is 5.56 Å². The summed E-state index contributed by atoms with van der Waals surface area (Å²) in [7, 11) is 1.74. The Morgan fingerprint density at radius 2 is 2.00 bits per heavy atom. The van der Waals surface area contributed by atoms with E-state index in [1.807, 2.05) is 18.3 Å². The van der Waals surface area contributed by atoms with Crippen LogP contribution in [0.3, 0.4) is 0 Å². The van der Waals surface area contributed by atoms with Gasteiger partial charge in [-0.2, -0.15) is 0 Å². The summed E-state index contributed by atoms with van der Waals surface area (Å²) < 4.78 is 5.78. The van der Waals surface area contributed by atoms with E-state index in [1.54, 1.807) is 24.8 Å². The second-order valence-corrected chi connectivity index (χ2v) is 8.75. The molecule has 1 aliphatic carbocycles. The Morgan fingerprint density at radius 3 is 2.68 bits per heavy atom. The van der Waals surface area contributed by atoms with Gasteiger partial charge in [0.15, 0.2) is 0 Å². The molecule has 2 N–H and O–H groups in total. The van der Waals surface area contributed by atoms with Crippen LogP contribution in [0.25, 0.3) is 10.9 Å². The molecule has 1 fully saturated rings. The standard InChI is InChI=1S/C26H28N2O3/c1-16-13-24(31-2)22(21-9-11-27-25(16)21)15-28-12-10-20(17-3-4-17)14-23(28)18-5-7-19(8-6-18)26(29)30/h5-9,11,13-14,17,23,27H,3-4,10,12,15H2,1-2H3,(H,29,30). The van der Waals surface area contributed by atoms with Gasteiger partial charge in [-0.1, -0.05) is 23.8 Å². The highest BCUT2D eigenvalue weighted by Crippen LogP contribution is 2.43. The topological polar surface area (TPSA) is 65.6 Å². The third-order valence-corrected chi connectivity index (χ3v) is 6.75. The molecule has 5 rings (SSSR count). The summed E-state index contributed by atoms with van der Waals surface area (Å²) in [6, 6.07) is 11.7. The Kier molecular flexibility index (Phi) is 5.06. The number of hydrogen-bond acceptors (Lipinski definition) is 3. The smallest absolute Gasteiger partial charge is 0.335 e. The number of aromatic carboxylic acids is 1. The lowest BCUT2D eigenvalue weighted by molar-refractivity contribution is 0.0697. The first kappa shape index (κ1) is 19.9. The van der Waals surface area contributed by atoms with Crippen LogP contribution in [0, 0.1) is 12.8 Å². The number of nitrogens with one attached hydrogen (secondary N) is 1. The molecule has 31 heavy (non-hydrogen) atoms. The number of methoxy groups -OCH3 is 1. The van der Waals surface area contributed by atoms with E-state index in [1.165, 1.54) is 29.4 Å². The molecule has 1 aromatic heterocycles. The van der Waals surface area contributed by atoms with Crippen LogP contribution < -0.4 is 4.74 Å². The van der Waals surface area contributed by atoms with Crippen LogP contribution in [0.4, 0.5) is 0 Å². The van der Waals surface area contributed by atoms with Gasteiger partial charge in [0.1, 0.15) is 5.75 Å². The molecule has 1 aliphatic heterocycles. The summed E-state index contributed by atoms with van der Waals surface area (Å²) in [5.74, 6) is 0.773. The molecule has 5 nitrogen and oxygen atoms in total. The Hall–Kier alpha value is -3.05. The molecule has 1 atom stereocenters. The number of carboxylic acid groups (broad SMARTS) is 1. The van der Waals surface area contributed by atoms with E-state index in [0.717, 1.165) is 42.3 Å². The lowest BCUT2D eigenvalue weighted by Gasteiger charge is -2.35. The second-order valence-electron chi connectivity index (χ2n) is 8.75. The van der Waals surface area contributed by atoms with Gasteiger partial charge in [-0.05, 0) is 67.5 Å². The van der Waals surface area contributed by atoms with E-state index < -0.39 is 5.97 Å². The Labute approximate surface area is 182 Å². The summed E-state index contributed by atoms with van der Waals surface area (Å²) in [6.07, 6.45) is 8.10. The highest BCUT2D eigenvalue weighted by molar-refractivity contribution is 5.88. The molecule has 0 radical (unpaired) electrons. The number of benzene rings is 2. The van der Waals surface area contributed by atoms with Crippen molar-refractivity contribution in [3.05, 3.63) is 76.5 Å². The van der Waals surface area contributed by atoms with Gasteiger partial charge in [-0.3, -0.25) is 4.90 Å². The van der Waals surface area contributed by atoms with Crippen molar-refractivity contribution in [2.75, 3.05) is 13.7 Å². The predicted octanol–water partition coefficient (Wildman–Crippen LogP) is 5.47. The maximum Gasteiger partial charge on any atom is 0.335 e. The average Bonchev–Trinajstić information content (AvgIpc) is 3.51. The second kappa shape index (κ2) is 7.89. The summed E-state index contributed by atoms with van der Waals surface area (Å²) in [6.45, 7) is 3.86. The van der Waals surface area contributed by atoms with Crippen molar-refractivity contribution in [2.24, 2.45) is 5.92 Å². The molecule has 5 heteroatoms. The zero-order valence-electron chi connectivity index (χ0n) is 18.0. The molecule has 2 aromatic carbocycles. The molecule has 3 aromatic rings. The average molecular weight is 417 g/mol. The molecule has 1 saturated carbocycles. The number of carbonyl (C=O) groups is 1. The van der Waals surface area contributed by atoms with Gasteiger partial charge in [0.2, 0.25) is 0 Å². The van der Waals surface area contributed by atoms with Gasteiger partial charge in [0, 0.05) is 35.8 Å². The fourth-order valence-electron chi connectivity index (χ4n) is 4.89.